The highest BCUT2D eigenvalue weighted by atomic mass is 28.4. The molecular weight excluding hydrogens is 480 g/mol. The van der Waals surface area contributed by atoms with E-state index in [4.69, 9.17) is 4.43 Å². The van der Waals surface area contributed by atoms with Crippen molar-refractivity contribution in [3.05, 3.63) is 108 Å². The van der Waals surface area contributed by atoms with Crippen molar-refractivity contribution in [3.63, 3.8) is 0 Å². The topological polar surface area (TPSA) is 90.2 Å². The van der Waals surface area contributed by atoms with Gasteiger partial charge >= 0.3 is 0 Å². The largest absolute Gasteiger partial charge is 0.508 e. The standard InChI is InChI=1S/C31H38O5Si/c1-31(2,3)37(28-15-6-4-7-16-28,29-17-8-5-9-18-29)36-23-24(20-27(34)22-32)12-10-19-30(35)25-13-11-14-26(33)21-25/h4-11,13-18,21,27,30,32-35H,19-20,22-23H2,1-3H3/t12?,27-,30-/m1/s1. The molecule has 37 heavy (non-hydrogen) atoms. The van der Waals surface area contributed by atoms with Crippen LogP contribution >= 0.6 is 0 Å². The summed E-state index contributed by atoms with van der Waals surface area (Å²) in [4.78, 5) is 0. The van der Waals surface area contributed by atoms with Gasteiger partial charge in [0, 0.05) is 12.8 Å². The second-order valence-corrected chi connectivity index (χ2v) is 14.6. The Labute approximate surface area is 221 Å². The number of aromatic hydroxyl groups is 1. The van der Waals surface area contributed by atoms with Gasteiger partial charge in [0.1, 0.15) is 5.75 Å². The van der Waals surface area contributed by atoms with Crippen LogP contribution in [0.25, 0.3) is 0 Å². The molecule has 0 aromatic heterocycles. The summed E-state index contributed by atoms with van der Waals surface area (Å²) in [6.07, 6.45) is 0.466. The number of aliphatic hydroxyl groups is 3. The quantitative estimate of drug-likeness (QED) is 0.225. The van der Waals surface area contributed by atoms with Crippen LogP contribution in [0.2, 0.25) is 5.04 Å². The number of phenolic OH excluding ortho intramolecular Hbond substituents is 1. The van der Waals surface area contributed by atoms with E-state index in [1.807, 2.05) is 36.4 Å². The van der Waals surface area contributed by atoms with Crippen molar-refractivity contribution >= 4 is 18.7 Å². The highest BCUT2D eigenvalue weighted by Gasteiger charge is 2.50. The highest BCUT2D eigenvalue weighted by molar-refractivity contribution is 6.99. The fraction of sp³-hybridized carbons (Fsp3) is 0.323. The molecule has 4 N–H and O–H groups in total. The maximum Gasteiger partial charge on any atom is 0.261 e. The summed E-state index contributed by atoms with van der Waals surface area (Å²) >= 11 is 0. The van der Waals surface area contributed by atoms with Crippen LogP contribution in [0.15, 0.2) is 102 Å². The van der Waals surface area contributed by atoms with Crippen LogP contribution in [0.4, 0.5) is 0 Å². The van der Waals surface area contributed by atoms with Gasteiger partial charge in [-0.3, -0.25) is 0 Å². The smallest absolute Gasteiger partial charge is 0.261 e. The molecular formula is C31H38O5Si. The van der Waals surface area contributed by atoms with Crippen LogP contribution in [-0.4, -0.2) is 48.1 Å². The second-order valence-electron chi connectivity index (χ2n) is 10.3. The number of hydrogen-bond donors (Lipinski definition) is 4. The zero-order valence-corrected chi connectivity index (χ0v) is 22.8. The van der Waals surface area contributed by atoms with Crippen molar-refractivity contribution < 1.29 is 24.9 Å². The molecule has 0 radical (unpaired) electrons. The predicted molar refractivity (Wildman–Crippen MR) is 151 cm³/mol. The summed E-state index contributed by atoms with van der Waals surface area (Å²) in [7, 11) is -2.79. The molecule has 0 aliphatic carbocycles. The van der Waals surface area contributed by atoms with Gasteiger partial charge in [0.2, 0.25) is 0 Å². The Morgan fingerprint density at radius 3 is 2.03 bits per heavy atom. The molecule has 5 nitrogen and oxygen atoms in total. The van der Waals surface area contributed by atoms with E-state index in [9.17, 15) is 20.4 Å². The SMILES string of the molecule is CC(C)(C)[Si](OCC(=C=CC[C@@H](O)c1cccc(O)c1)C[C@@H](O)CO)(c1ccccc1)c1ccccc1. The van der Waals surface area contributed by atoms with Gasteiger partial charge in [0.25, 0.3) is 8.32 Å². The van der Waals surface area contributed by atoms with Crippen LogP contribution in [0, 0.1) is 0 Å². The van der Waals surface area contributed by atoms with Gasteiger partial charge in [-0.25, -0.2) is 0 Å². The Bertz CT molecular complexity index is 1140. The number of phenols is 1. The summed E-state index contributed by atoms with van der Waals surface area (Å²) in [6.45, 7) is 6.46. The van der Waals surface area contributed by atoms with Crippen molar-refractivity contribution in [2.24, 2.45) is 0 Å². The van der Waals surface area contributed by atoms with E-state index in [1.54, 1.807) is 24.3 Å². The van der Waals surface area contributed by atoms with E-state index in [-0.39, 0.29) is 36.8 Å². The zero-order valence-electron chi connectivity index (χ0n) is 21.8. The Balaban J connectivity index is 1.96. The van der Waals surface area contributed by atoms with Crippen LogP contribution < -0.4 is 10.4 Å². The van der Waals surface area contributed by atoms with Crippen molar-refractivity contribution in [2.45, 2.75) is 50.9 Å². The summed E-state index contributed by atoms with van der Waals surface area (Å²) in [5.41, 5.74) is 4.54. The van der Waals surface area contributed by atoms with Crippen molar-refractivity contribution in [2.75, 3.05) is 13.2 Å². The minimum Gasteiger partial charge on any atom is -0.508 e. The first kappa shape index (κ1) is 28.6. The molecule has 0 saturated carbocycles. The zero-order chi connectivity index (χ0) is 26.9. The lowest BCUT2D eigenvalue weighted by molar-refractivity contribution is 0.0933. The van der Waals surface area contributed by atoms with Gasteiger partial charge < -0.3 is 24.9 Å². The molecule has 0 saturated heterocycles. The lowest BCUT2D eigenvalue weighted by atomic mass is 10.1. The molecule has 3 rings (SSSR count). The number of rotatable bonds is 11. The van der Waals surface area contributed by atoms with Crippen molar-refractivity contribution in [1.29, 1.82) is 0 Å². The predicted octanol–water partition coefficient (Wildman–Crippen LogP) is 4.22. The average Bonchev–Trinajstić information content (AvgIpc) is 2.89. The van der Waals surface area contributed by atoms with Gasteiger partial charge in [-0.1, -0.05) is 93.6 Å². The maximum atomic E-state index is 10.5. The molecule has 2 atom stereocenters. The van der Waals surface area contributed by atoms with Gasteiger partial charge in [-0.05, 0) is 44.8 Å². The summed E-state index contributed by atoms with van der Waals surface area (Å²) in [5, 5.41) is 42.1. The van der Waals surface area contributed by atoms with E-state index < -0.39 is 20.5 Å². The van der Waals surface area contributed by atoms with E-state index in [0.717, 1.165) is 10.4 Å². The average molecular weight is 519 g/mol. The van der Waals surface area contributed by atoms with Gasteiger partial charge in [0.05, 0.1) is 25.4 Å². The Morgan fingerprint density at radius 2 is 1.51 bits per heavy atom. The molecule has 196 valence electrons. The third-order valence-electron chi connectivity index (χ3n) is 6.47. The van der Waals surface area contributed by atoms with Crippen LogP contribution in [0.3, 0.4) is 0 Å². The molecule has 0 aliphatic rings. The molecule has 3 aromatic carbocycles. The first-order valence-corrected chi connectivity index (χ1v) is 14.5. The van der Waals surface area contributed by atoms with Crippen LogP contribution in [0.1, 0.15) is 45.3 Å². The monoisotopic (exact) mass is 518 g/mol. The lowest BCUT2D eigenvalue weighted by Gasteiger charge is -2.43. The van der Waals surface area contributed by atoms with Crippen LogP contribution in [0.5, 0.6) is 5.75 Å². The molecule has 0 aliphatic heterocycles. The number of hydrogen-bond acceptors (Lipinski definition) is 5. The molecule has 0 unspecified atom stereocenters. The summed E-state index contributed by atoms with van der Waals surface area (Å²) < 4.78 is 6.96. The molecule has 0 fully saturated rings. The Kier molecular flexibility index (Phi) is 10.1. The molecule has 0 bridgehead atoms. The summed E-state index contributed by atoms with van der Waals surface area (Å²) in [5.74, 6) is 0.0986. The summed E-state index contributed by atoms with van der Waals surface area (Å²) in [6, 6.07) is 27.2. The Morgan fingerprint density at radius 1 is 0.919 bits per heavy atom. The minimum absolute atomic E-state index is 0.0986. The van der Waals surface area contributed by atoms with Gasteiger partial charge in [-0.15, -0.1) is 5.73 Å². The molecule has 0 spiro atoms. The first-order valence-electron chi connectivity index (χ1n) is 12.6. The van der Waals surface area contributed by atoms with Crippen LogP contribution in [-0.2, 0) is 4.43 Å². The molecule has 0 amide bonds. The fourth-order valence-electron chi connectivity index (χ4n) is 4.65. The third kappa shape index (κ3) is 7.30. The molecule has 3 aromatic rings. The van der Waals surface area contributed by atoms with E-state index >= 15 is 0 Å². The van der Waals surface area contributed by atoms with Gasteiger partial charge in [-0.2, -0.15) is 0 Å². The highest BCUT2D eigenvalue weighted by Crippen LogP contribution is 2.37. The lowest BCUT2D eigenvalue weighted by Crippen LogP contribution is -2.66. The third-order valence-corrected chi connectivity index (χ3v) is 11.5. The van der Waals surface area contributed by atoms with E-state index in [2.05, 4.69) is 50.8 Å². The Hall–Kier alpha value is -2.96. The molecule has 0 heterocycles. The van der Waals surface area contributed by atoms with Gasteiger partial charge in [0.15, 0.2) is 0 Å². The molecule has 6 heteroatoms. The number of benzene rings is 3. The first-order chi connectivity index (χ1) is 17.7. The maximum absolute atomic E-state index is 10.5. The van der Waals surface area contributed by atoms with Crippen molar-refractivity contribution in [3.8, 4) is 5.75 Å². The van der Waals surface area contributed by atoms with E-state index in [0.29, 0.717) is 11.1 Å². The number of aliphatic hydroxyl groups excluding tert-OH is 3. The van der Waals surface area contributed by atoms with Crippen molar-refractivity contribution in [1.82, 2.24) is 0 Å². The fourth-order valence-corrected chi connectivity index (χ4v) is 9.19. The minimum atomic E-state index is -2.79. The second kappa shape index (κ2) is 13.0. The van der Waals surface area contributed by atoms with E-state index in [1.165, 1.54) is 6.07 Å². The normalized spacial score (nSPS) is 13.5.